The number of hydrogen-bond donors (Lipinski definition) is 0. The summed E-state index contributed by atoms with van der Waals surface area (Å²) in [6.45, 7) is 2.91. The van der Waals surface area contributed by atoms with E-state index in [1.54, 1.807) is 0 Å². The van der Waals surface area contributed by atoms with Crippen molar-refractivity contribution in [1.82, 2.24) is 0 Å². The van der Waals surface area contributed by atoms with Gasteiger partial charge < -0.3 is 4.74 Å². The van der Waals surface area contributed by atoms with Crippen molar-refractivity contribution in [3.8, 4) is 0 Å². The number of carbonyl (C=O) groups is 1. The number of esters is 1. The molecule has 0 aromatic heterocycles. The quantitative estimate of drug-likeness (QED) is 0.146. The van der Waals surface area contributed by atoms with Crippen molar-refractivity contribution in [2.75, 3.05) is 6.61 Å². The minimum atomic E-state index is 0.0234. The highest BCUT2D eigenvalue weighted by Crippen LogP contribution is 2.32. The third kappa shape index (κ3) is 16.4. The lowest BCUT2D eigenvalue weighted by Gasteiger charge is -2.04. The summed E-state index contributed by atoms with van der Waals surface area (Å²) in [7, 11) is 0. The van der Waals surface area contributed by atoms with E-state index >= 15 is 0 Å². The van der Waals surface area contributed by atoms with Gasteiger partial charge in [0.1, 0.15) is 0 Å². The molecule has 0 amide bonds. The molecule has 1 fully saturated rings. The van der Waals surface area contributed by atoms with Gasteiger partial charge in [-0.05, 0) is 50.9 Å². The molecular formula is C23H42O2. The molecule has 2 nitrogen and oxygen atoms in total. The van der Waals surface area contributed by atoms with E-state index in [1.807, 2.05) is 0 Å². The fraction of sp³-hybridized carbons (Fsp3) is 0.870. The van der Waals surface area contributed by atoms with Gasteiger partial charge in [0.05, 0.1) is 6.61 Å². The topological polar surface area (TPSA) is 26.3 Å². The molecule has 0 spiro atoms. The minimum absolute atomic E-state index is 0.0234. The lowest BCUT2D eigenvalue weighted by atomic mass is 10.1. The van der Waals surface area contributed by atoms with Crippen LogP contribution in [0.5, 0.6) is 0 Å². The predicted molar refractivity (Wildman–Crippen MR) is 108 cm³/mol. The van der Waals surface area contributed by atoms with Crippen LogP contribution in [0.4, 0.5) is 0 Å². The summed E-state index contributed by atoms with van der Waals surface area (Å²) in [6, 6.07) is 0. The molecule has 0 heterocycles. The molecule has 1 rings (SSSR count). The van der Waals surface area contributed by atoms with Crippen LogP contribution in [0.15, 0.2) is 12.2 Å². The van der Waals surface area contributed by atoms with Crippen molar-refractivity contribution in [3.05, 3.63) is 12.2 Å². The van der Waals surface area contributed by atoms with E-state index in [1.165, 1.54) is 96.3 Å². The molecule has 0 aliphatic heterocycles. The van der Waals surface area contributed by atoms with E-state index in [-0.39, 0.29) is 5.97 Å². The van der Waals surface area contributed by atoms with E-state index in [2.05, 4.69) is 19.1 Å². The van der Waals surface area contributed by atoms with Crippen molar-refractivity contribution in [2.24, 2.45) is 5.92 Å². The van der Waals surface area contributed by atoms with Gasteiger partial charge in [-0.1, -0.05) is 76.9 Å². The second-order valence-corrected chi connectivity index (χ2v) is 7.81. The highest BCUT2D eigenvalue weighted by atomic mass is 16.5. The maximum Gasteiger partial charge on any atom is 0.306 e. The van der Waals surface area contributed by atoms with E-state index < -0.39 is 0 Å². The van der Waals surface area contributed by atoms with E-state index in [9.17, 15) is 4.79 Å². The van der Waals surface area contributed by atoms with Crippen LogP contribution < -0.4 is 0 Å². The molecular weight excluding hydrogens is 308 g/mol. The number of unbranched alkanes of at least 4 members (excludes halogenated alkanes) is 12. The number of allylic oxidation sites excluding steroid dienone is 2. The van der Waals surface area contributed by atoms with Gasteiger partial charge in [0.2, 0.25) is 0 Å². The lowest BCUT2D eigenvalue weighted by Crippen LogP contribution is -2.06. The van der Waals surface area contributed by atoms with Crippen LogP contribution in [0, 0.1) is 5.92 Å². The Kier molecular flexibility index (Phi) is 14.8. The fourth-order valence-electron chi connectivity index (χ4n) is 3.15. The molecule has 1 aliphatic carbocycles. The first-order valence-electron chi connectivity index (χ1n) is 11.1. The summed E-state index contributed by atoms with van der Waals surface area (Å²) in [5, 5.41) is 0. The molecule has 0 N–H and O–H groups in total. The lowest BCUT2D eigenvalue weighted by molar-refractivity contribution is -0.144. The largest absolute Gasteiger partial charge is 0.466 e. The van der Waals surface area contributed by atoms with Gasteiger partial charge >= 0.3 is 5.97 Å². The maximum absolute atomic E-state index is 11.4. The van der Waals surface area contributed by atoms with Crippen molar-refractivity contribution in [3.63, 3.8) is 0 Å². The molecule has 0 aromatic rings. The van der Waals surface area contributed by atoms with Crippen molar-refractivity contribution < 1.29 is 9.53 Å². The molecule has 0 saturated heterocycles. The van der Waals surface area contributed by atoms with Crippen LogP contribution in [-0.4, -0.2) is 12.6 Å². The third-order valence-corrected chi connectivity index (χ3v) is 5.07. The molecule has 0 radical (unpaired) electrons. The van der Waals surface area contributed by atoms with Gasteiger partial charge in [-0.25, -0.2) is 0 Å². The monoisotopic (exact) mass is 350 g/mol. The average molecular weight is 351 g/mol. The van der Waals surface area contributed by atoms with Crippen LogP contribution >= 0.6 is 0 Å². The second kappa shape index (κ2) is 16.7. The number of carbonyl (C=O) groups excluding carboxylic acids is 1. The summed E-state index contributed by atoms with van der Waals surface area (Å²) in [5.74, 6) is 0.669. The number of rotatable bonds is 18. The highest BCUT2D eigenvalue weighted by molar-refractivity contribution is 5.69. The molecule has 0 aromatic carbocycles. The maximum atomic E-state index is 11.4. The third-order valence-electron chi connectivity index (χ3n) is 5.07. The Balaban J connectivity index is 1.69. The molecule has 1 saturated carbocycles. The molecule has 1 aliphatic rings. The zero-order valence-electron chi connectivity index (χ0n) is 16.8. The number of hydrogen-bond acceptors (Lipinski definition) is 2. The Morgan fingerprint density at radius 2 is 1.32 bits per heavy atom. The second-order valence-electron chi connectivity index (χ2n) is 7.81. The summed E-state index contributed by atoms with van der Waals surface area (Å²) in [5.41, 5.74) is 0. The minimum Gasteiger partial charge on any atom is -0.466 e. The SMILES string of the molecule is CCCCCCCC/C=C/CCCCCCCCOC(=O)CC1CC1. The summed E-state index contributed by atoms with van der Waals surface area (Å²) in [6.07, 6.45) is 26.2. The van der Waals surface area contributed by atoms with Crippen LogP contribution in [0.1, 0.15) is 116 Å². The summed E-state index contributed by atoms with van der Waals surface area (Å²) < 4.78 is 5.26. The first-order valence-corrected chi connectivity index (χ1v) is 11.1. The number of ether oxygens (including phenoxy) is 1. The fourth-order valence-corrected chi connectivity index (χ4v) is 3.15. The molecule has 2 heteroatoms. The summed E-state index contributed by atoms with van der Waals surface area (Å²) in [4.78, 5) is 11.4. The zero-order valence-corrected chi connectivity index (χ0v) is 16.8. The Morgan fingerprint density at radius 3 is 1.88 bits per heavy atom. The van der Waals surface area contributed by atoms with Gasteiger partial charge in [-0.3, -0.25) is 4.79 Å². The molecule has 25 heavy (non-hydrogen) atoms. The molecule has 146 valence electrons. The molecule has 0 unspecified atom stereocenters. The van der Waals surface area contributed by atoms with Gasteiger partial charge in [0.25, 0.3) is 0 Å². The van der Waals surface area contributed by atoms with Crippen LogP contribution in [0.2, 0.25) is 0 Å². The smallest absolute Gasteiger partial charge is 0.306 e. The molecule has 0 atom stereocenters. The molecule has 0 bridgehead atoms. The van der Waals surface area contributed by atoms with E-state index in [0.29, 0.717) is 18.9 Å². The Hall–Kier alpha value is -0.790. The van der Waals surface area contributed by atoms with Crippen molar-refractivity contribution >= 4 is 5.97 Å². The first-order chi connectivity index (χ1) is 12.3. The zero-order chi connectivity index (χ0) is 18.0. The van der Waals surface area contributed by atoms with Crippen LogP contribution in [0.25, 0.3) is 0 Å². The Labute approximate surface area is 156 Å². The van der Waals surface area contributed by atoms with Crippen LogP contribution in [0.3, 0.4) is 0 Å². The predicted octanol–water partition coefficient (Wildman–Crippen LogP) is 7.37. The Morgan fingerprint density at radius 1 is 0.800 bits per heavy atom. The van der Waals surface area contributed by atoms with E-state index in [4.69, 9.17) is 4.74 Å². The highest BCUT2D eigenvalue weighted by Gasteiger charge is 2.24. The Bertz CT molecular complexity index is 331. The average Bonchev–Trinajstić information content (AvgIpc) is 3.41. The van der Waals surface area contributed by atoms with Crippen LogP contribution in [-0.2, 0) is 9.53 Å². The van der Waals surface area contributed by atoms with Gasteiger partial charge in [-0.2, -0.15) is 0 Å². The van der Waals surface area contributed by atoms with Gasteiger partial charge in [0, 0.05) is 6.42 Å². The van der Waals surface area contributed by atoms with Gasteiger partial charge in [0.15, 0.2) is 0 Å². The van der Waals surface area contributed by atoms with Gasteiger partial charge in [-0.15, -0.1) is 0 Å². The first kappa shape index (κ1) is 22.3. The van der Waals surface area contributed by atoms with Crippen molar-refractivity contribution in [1.29, 1.82) is 0 Å². The van der Waals surface area contributed by atoms with Crippen molar-refractivity contribution in [2.45, 2.75) is 116 Å². The van der Waals surface area contributed by atoms with E-state index in [0.717, 1.165) is 6.42 Å². The summed E-state index contributed by atoms with van der Waals surface area (Å²) >= 11 is 0. The standard InChI is InChI=1S/C23H42O2/c1-2-3-4-5-6-7-8-9-10-11-12-13-14-15-16-17-20-25-23(24)21-22-18-19-22/h9-10,22H,2-8,11-21H2,1H3/b10-9+. The normalized spacial score (nSPS) is 14.3.